The summed E-state index contributed by atoms with van der Waals surface area (Å²) in [6.45, 7) is 7.25. The van der Waals surface area contributed by atoms with Crippen LogP contribution in [0.2, 0.25) is 0 Å². The largest absolute Gasteiger partial charge is 0.508 e. The van der Waals surface area contributed by atoms with Crippen molar-refractivity contribution in [3.05, 3.63) is 29.3 Å². The molecule has 0 unspecified atom stereocenters. The molecule has 0 aliphatic heterocycles. The quantitative estimate of drug-likeness (QED) is 0.806. The first-order valence-electron chi connectivity index (χ1n) is 11.1. The second-order valence-electron chi connectivity index (χ2n) is 10.1. The smallest absolute Gasteiger partial charge is 0.115 e. The number of phenols is 1. The Morgan fingerprint density at radius 3 is 2.81 bits per heavy atom. The molecule has 0 bridgehead atoms. The Morgan fingerprint density at radius 2 is 2.04 bits per heavy atom. The van der Waals surface area contributed by atoms with Crippen LogP contribution in [0, 0.1) is 23.2 Å². The predicted octanol–water partition coefficient (Wildman–Crippen LogP) is 4.40. The molecule has 0 spiro atoms. The van der Waals surface area contributed by atoms with Crippen molar-refractivity contribution in [2.24, 2.45) is 23.2 Å². The van der Waals surface area contributed by atoms with Crippen LogP contribution in [0.3, 0.4) is 0 Å². The van der Waals surface area contributed by atoms with Crippen molar-refractivity contribution in [2.45, 2.75) is 64.3 Å². The number of phenolic OH excluding ortho intramolecular Hbond substituents is 1. The normalized spacial score (nSPS) is 36.2. The van der Waals surface area contributed by atoms with Crippen LogP contribution in [-0.2, 0) is 6.42 Å². The van der Waals surface area contributed by atoms with E-state index in [0.717, 1.165) is 43.2 Å². The standard InChI is InChI=1S/C24H38N2O/c1-16(25-13-14-26(3)4)22-9-10-23-21-7-5-17-15-18(27)6-8-19(17)20(21)11-12-24(22,23)2/h6,8,15-16,20-23,25,27H,5,7,9-14H2,1-4H3/t16-,20+,21+,22-,23+,24-/m0/s1. The summed E-state index contributed by atoms with van der Waals surface area (Å²) in [5.74, 6) is 3.70. The molecule has 150 valence electrons. The molecule has 0 aromatic heterocycles. The fraction of sp³-hybridized carbons (Fsp3) is 0.750. The van der Waals surface area contributed by atoms with Gasteiger partial charge in [-0.15, -0.1) is 0 Å². The zero-order valence-electron chi connectivity index (χ0n) is 17.7. The van der Waals surface area contributed by atoms with Gasteiger partial charge < -0.3 is 15.3 Å². The number of likely N-dealkylation sites (N-methyl/N-ethyl adjacent to an activating group) is 1. The summed E-state index contributed by atoms with van der Waals surface area (Å²) in [4.78, 5) is 2.27. The van der Waals surface area contributed by atoms with Gasteiger partial charge in [0.1, 0.15) is 5.75 Å². The summed E-state index contributed by atoms with van der Waals surface area (Å²) in [5, 5.41) is 13.7. The van der Waals surface area contributed by atoms with Crippen LogP contribution in [0.5, 0.6) is 5.75 Å². The number of hydrogen-bond acceptors (Lipinski definition) is 3. The molecular weight excluding hydrogens is 332 g/mol. The number of rotatable bonds is 5. The number of nitrogens with one attached hydrogen (secondary N) is 1. The highest BCUT2D eigenvalue weighted by Gasteiger charge is 2.55. The zero-order valence-corrected chi connectivity index (χ0v) is 17.7. The molecule has 27 heavy (non-hydrogen) atoms. The monoisotopic (exact) mass is 370 g/mol. The number of benzene rings is 1. The van der Waals surface area contributed by atoms with Gasteiger partial charge in [0.2, 0.25) is 0 Å². The molecule has 4 rings (SSSR count). The lowest BCUT2D eigenvalue weighted by molar-refractivity contribution is 0.0181. The van der Waals surface area contributed by atoms with E-state index in [2.05, 4.69) is 44.2 Å². The van der Waals surface area contributed by atoms with E-state index in [1.165, 1.54) is 37.7 Å². The number of aryl methyl sites for hydroxylation is 1. The van der Waals surface area contributed by atoms with Gasteiger partial charge in [0.15, 0.2) is 0 Å². The van der Waals surface area contributed by atoms with E-state index in [-0.39, 0.29) is 0 Å². The van der Waals surface area contributed by atoms with Crippen molar-refractivity contribution in [3.8, 4) is 5.75 Å². The van der Waals surface area contributed by atoms with Crippen molar-refractivity contribution < 1.29 is 5.11 Å². The molecule has 1 aromatic rings. The van der Waals surface area contributed by atoms with Gasteiger partial charge in [0.05, 0.1) is 0 Å². The highest BCUT2D eigenvalue weighted by molar-refractivity contribution is 5.40. The highest BCUT2D eigenvalue weighted by Crippen LogP contribution is 2.63. The fourth-order valence-electron chi connectivity index (χ4n) is 7.09. The van der Waals surface area contributed by atoms with Crippen molar-refractivity contribution in [1.82, 2.24) is 10.2 Å². The SMILES string of the molecule is C[C@H](NCCN(C)C)[C@@H]1CC[C@@H]2[C@@H]3CCc4cc(O)ccc4[C@H]3CC[C@]21C. The second kappa shape index (κ2) is 7.40. The van der Waals surface area contributed by atoms with E-state index in [1.54, 1.807) is 5.56 Å². The molecule has 0 saturated heterocycles. The Hall–Kier alpha value is -1.06. The summed E-state index contributed by atoms with van der Waals surface area (Å²) < 4.78 is 0. The van der Waals surface area contributed by atoms with Crippen molar-refractivity contribution in [2.75, 3.05) is 27.2 Å². The molecular formula is C24H38N2O. The third kappa shape index (κ3) is 3.42. The summed E-state index contributed by atoms with van der Waals surface area (Å²) in [7, 11) is 4.31. The van der Waals surface area contributed by atoms with Crippen LogP contribution in [0.15, 0.2) is 18.2 Å². The minimum Gasteiger partial charge on any atom is -0.508 e. The molecule has 2 N–H and O–H groups in total. The lowest BCUT2D eigenvalue weighted by atomic mass is 9.53. The molecule has 3 nitrogen and oxygen atoms in total. The minimum absolute atomic E-state index is 0.436. The molecule has 0 heterocycles. The Morgan fingerprint density at radius 1 is 1.22 bits per heavy atom. The van der Waals surface area contributed by atoms with Crippen LogP contribution >= 0.6 is 0 Å². The Bertz CT molecular complexity index is 672. The first-order chi connectivity index (χ1) is 12.9. The first-order valence-corrected chi connectivity index (χ1v) is 11.1. The number of fused-ring (bicyclic) bond motifs is 5. The summed E-state index contributed by atoms with van der Waals surface area (Å²) in [6.07, 6.45) is 7.97. The van der Waals surface area contributed by atoms with Crippen LogP contribution < -0.4 is 5.32 Å². The third-order valence-corrected chi connectivity index (χ3v) is 8.41. The van der Waals surface area contributed by atoms with E-state index < -0.39 is 0 Å². The van der Waals surface area contributed by atoms with E-state index >= 15 is 0 Å². The molecule has 1 aromatic carbocycles. The maximum atomic E-state index is 9.87. The van der Waals surface area contributed by atoms with Gasteiger partial charge in [-0.25, -0.2) is 0 Å². The summed E-state index contributed by atoms with van der Waals surface area (Å²) in [5.41, 5.74) is 3.46. The molecule has 3 aliphatic carbocycles. The van der Waals surface area contributed by atoms with Crippen LogP contribution in [-0.4, -0.2) is 43.2 Å². The number of aromatic hydroxyl groups is 1. The average Bonchev–Trinajstić information content (AvgIpc) is 2.98. The zero-order chi connectivity index (χ0) is 19.2. The predicted molar refractivity (Wildman–Crippen MR) is 112 cm³/mol. The average molecular weight is 371 g/mol. The lowest BCUT2D eigenvalue weighted by Gasteiger charge is -2.52. The van der Waals surface area contributed by atoms with E-state index in [1.807, 2.05) is 12.1 Å². The first kappa shape index (κ1) is 19.3. The molecule has 3 heteroatoms. The Kier molecular flexibility index (Phi) is 5.28. The van der Waals surface area contributed by atoms with Crippen LogP contribution in [0.1, 0.15) is 63.0 Å². The van der Waals surface area contributed by atoms with Crippen molar-refractivity contribution in [1.29, 1.82) is 0 Å². The molecule has 3 aliphatic rings. The van der Waals surface area contributed by atoms with Crippen molar-refractivity contribution in [3.63, 3.8) is 0 Å². The van der Waals surface area contributed by atoms with Gasteiger partial charge in [0, 0.05) is 19.1 Å². The molecule has 6 atom stereocenters. The van der Waals surface area contributed by atoms with Gasteiger partial charge >= 0.3 is 0 Å². The van der Waals surface area contributed by atoms with Crippen LogP contribution in [0.4, 0.5) is 0 Å². The topological polar surface area (TPSA) is 35.5 Å². The van der Waals surface area contributed by atoms with Gasteiger partial charge in [-0.05, 0) is 112 Å². The maximum absolute atomic E-state index is 9.87. The van der Waals surface area contributed by atoms with Gasteiger partial charge in [-0.2, -0.15) is 0 Å². The summed E-state index contributed by atoms with van der Waals surface area (Å²) in [6, 6.07) is 6.77. The second-order valence-corrected chi connectivity index (χ2v) is 10.1. The van der Waals surface area contributed by atoms with Crippen molar-refractivity contribution >= 4 is 0 Å². The summed E-state index contributed by atoms with van der Waals surface area (Å²) >= 11 is 0. The van der Waals surface area contributed by atoms with Gasteiger partial charge in [-0.3, -0.25) is 0 Å². The van der Waals surface area contributed by atoms with E-state index in [9.17, 15) is 5.11 Å². The van der Waals surface area contributed by atoms with Crippen LogP contribution in [0.25, 0.3) is 0 Å². The molecule has 2 saturated carbocycles. The number of hydrogen-bond donors (Lipinski definition) is 2. The van der Waals surface area contributed by atoms with E-state index in [4.69, 9.17) is 0 Å². The number of nitrogens with zero attached hydrogens (tertiary/aromatic N) is 1. The lowest BCUT2D eigenvalue weighted by Crippen LogP contribution is -2.48. The molecule has 0 radical (unpaired) electrons. The maximum Gasteiger partial charge on any atom is 0.115 e. The Labute approximate surface area is 165 Å². The molecule has 0 amide bonds. The molecule has 2 fully saturated rings. The third-order valence-electron chi connectivity index (χ3n) is 8.41. The Balaban J connectivity index is 1.49. The van der Waals surface area contributed by atoms with E-state index in [0.29, 0.717) is 17.2 Å². The fourth-order valence-corrected chi connectivity index (χ4v) is 7.09. The highest BCUT2D eigenvalue weighted by atomic mass is 16.3. The van der Waals surface area contributed by atoms with Gasteiger partial charge in [-0.1, -0.05) is 13.0 Å². The minimum atomic E-state index is 0.436. The van der Waals surface area contributed by atoms with Gasteiger partial charge in [0.25, 0.3) is 0 Å².